The molecule has 5 aromatic rings. The number of nitrogens with one attached hydrogen (secondary N) is 3. The minimum absolute atomic E-state index is 0.0740. The Bertz CT molecular complexity index is 1740. The average molecular weight is 552 g/mol. The molecular weight excluding hydrogens is 518 g/mol. The Hall–Kier alpha value is -4.70. The topological polar surface area (TPSA) is 115 Å². The number of urea groups is 1. The maximum Gasteiger partial charge on any atom is 0.323 e. The second kappa shape index (κ2) is 10.7. The third-order valence-electron chi connectivity index (χ3n) is 7.33. The summed E-state index contributed by atoms with van der Waals surface area (Å²) in [5, 5.41) is 11.3. The molecule has 3 aromatic carbocycles. The molecule has 210 valence electrons. The minimum atomic E-state index is -0.361. The Morgan fingerprint density at radius 1 is 1.00 bits per heavy atom. The highest BCUT2D eigenvalue weighted by Gasteiger charge is 2.21. The summed E-state index contributed by atoms with van der Waals surface area (Å²) in [5.74, 6) is 1.28. The SMILES string of the molecule is COc1ccc(C(C)(C)C)cc1NC(=O)Nc1ccc(-n2cnc3c(NC4CCOC4)ncnc32)c2ccccc12. The molecule has 0 aliphatic carbocycles. The van der Waals surface area contributed by atoms with E-state index in [0.717, 1.165) is 35.1 Å². The standard InChI is InChI=1S/C31H33N7O3/c1-31(2,3)19-9-12-26(40-4)24(15-19)37-30(39)36-23-10-11-25(22-8-6-5-7-21(22)23)38-18-34-27-28(32-17-33-29(27)38)35-20-13-14-41-16-20/h5-12,15,17-18,20H,13-14,16H2,1-4H3,(H,32,33,35)(H2,36,37,39). The van der Waals surface area contributed by atoms with E-state index >= 15 is 0 Å². The van der Waals surface area contributed by atoms with Gasteiger partial charge < -0.3 is 25.4 Å². The summed E-state index contributed by atoms with van der Waals surface area (Å²) in [6.45, 7) is 7.77. The quantitative estimate of drug-likeness (QED) is 0.233. The van der Waals surface area contributed by atoms with Gasteiger partial charge in [-0.25, -0.2) is 19.7 Å². The molecule has 2 aromatic heterocycles. The predicted octanol–water partition coefficient (Wildman–Crippen LogP) is 6.12. The third-order valence-corrected chi connectivity index (χ3v) is 7.33. The van der Waals surface area contributed by atoms with E-state index in [0.29, 0.717) is 40.7 Å². The maximum atomic E-state index is 13.2. The van der Waals surface area contributed by atoms with Crippen LogP contribution in [0.25, 0.3) is 27.6 Å². The van der Waals surface area contributed by atoms with Crippen LogP contribution >= 0.6 is 0 Å². The zero-order valence-corrected chi connectivity index (χ0v) is 23.6. The van der Waals surface area contributed by atoms with Gasteiger partial charge in [0.15, 0.2) is 17.0 Å². The van der Waals surface area contributed by atoms with Gasteiger partial charge in [-0.15, -0.1) is 0 Å². The van der Waals surface area contributed by atoms with Crippen LogP contribution in [0.15, 0.2) is 67.3 Å². The lowest BCUT2D eigenvalue weighted by Crippen LogP contribution is -2.21. The van der Waals surface area contributed by atoms with Crippen molar-refractivity contribution >= 4 is 45.2 Å². The molecule has 0 radical (unpaired) electrons. The number of ether oxygens (including phenoxy) is 2. The second-order valence-electron chi connectivity index (χ2n) is 11.1. The minimum Gasteiger partial charge on any atom is -0.495 e. The smallest absolute Gasteiger partial charge is 0.323 e. The number of carbonyl (C=O) groups excluding carboxylic acids is 1. The van der Waals surface area contributed by atoms with E-state index in [2.05, 4.69) is 51.7 Å². The number of carbonyl (C=O) groups is 1. The highest BCUT2D eigenvalue weighted by Crippen LogP contribution is 2.34. The largest absolute Gasteiger partial charge is 0.495 e. The number of nitrogens with zero attached hydrogens (tertiary/aromatic N) is 4. The Kier molecular flexibility index (Phi) is 6.92. The van der Waals surface area contributed by atoms with Crippen LogP contribution in [0.3, 0.4) is 0 Å². The Labute approximate surface area is 238 Å². The van der Waals surface area contributed by atoms with Gasteiger partial charge in [-0.3, -0.25) is 4.57 Å². The van der Waals surface area contributed by atoms with E-state index in [1.54, 1.807) is 19.8 Å². The third kappa shape index (κ3) is 5.26. The number of hydrogen-bond acceptors (Lipinski definition) is 7. The van der Waals surface area contributed by atoms with Crippen LogP contribution in [0.1, 0.15) is 32.8 Å². The fourth-order valence-corrected chi connectivity index (χ4v) is 5.11. The number of benzene rings is 3. The molecule has 41 heavy (non-hydrogen) atoms. The van der Waals surface area contributed by atoms with Crippen LogP contribution in [0.2, 0.25) is 0 Å². The number of fused-ring (bicyclic) bond motifs is 2. The molecule has 1 saturated heterocycles. The van der Waals surface area contributed by atoms with Crippen molar-refractivity contribution in [3.8, 4) is 11.4 Å². The van der Waals surface area contributed by atoms with Gasteiger partial charge in [0.25, 0.3) is 0 Å². The van der Waals surface area contributed by atoms with Gasteiger partial charge in [-0.05, 0) is 41.7 Å². The van der Waals surface area contributed by atoms with Gasteiger partial charge in [-0.1, -0.05) is 51.1 Å². The van der Waals surface area contributed by atoms with Crippen LogP contribution in [0.4, 0.5) is 22.0 Å². The van der Waals surface area contributed by atoms with Crippen molar-refractivity contribution < 1.29 is 14.3 Å². The Morgan fingerprint density at radius 3 is 2.56 bits per heavy atom. The lowest BCUT2D eigenvalue weighted by molar-refractivity contribution is 0.195. The average Bonchev–Trinajstić information content (AvgIpc) is 3.63. The maximum absolute atomic E-state index is 13.2. The molecule has 1 aliphatic heterocycles. The van der Waals surface area contributed by atoms with Crippen LogP contribution in [-0.2, 0) is 10.2 Å². The molecule has 10 heteroatoms. The van der Waals surface area contributed by atoms with Crippen molar-refractivity contribution in [2.75, 3.05) is 36.3 Å². The molecule has 0 saturated carbocycles. The van der Waals surface area contributed by atoms with E-state index in [1.165, 1.54) is 0 Å². The summed E-state index contributed by atoms with van der Waals surface area (Å²) in [6, 6.07) is 17.5. The number of amides is 2. The number of methoxy groups -OCH3 is 1. The van der Waals surface area contributed by atoms with Gasteiger partial charge in [0.1, 0.15) is 18.4 Å². The number of hydrogen-bond donors (Lipinski definition) is 3. The summed E-state index contributed by atoms with van der Waals surface area (Å²) >= 11 is 0. The lowest BCUT2D eigenvalue weighted by atomic mass is 9.87. The number of aromatic nitrogens is 4. The summed E-state index contributed by atoms with van der Waals surface area (Å²) in [7, 11) is 1.59. The van der Waals surface area contributed by atoms with Crippen LogP contribution in [0.5, 0.6) is 5.75 Å². The normalized spacial score (nSPS) is 15.3. The molecular formula is C31H33N7O3. The van der Waals surface area contributed by atoms with Gasteiger partial charge in [0.2, 0.25) is 0 Å². The molecule has 2 amide bonds. The van der Waals surface area contributed by atoms with E-state index in [1.807, 2.05) is 59.2 Å². The lowest BCUT2D eigenvalue weighted by Gasteiger charge is -2.21. The van der Waals surface area contributed by atoms with E-state index < -0.39 is 0 Å². The van der Waals surface area contributed by atoms with E-state index in [9.17, 15) is 4.79 Å². The predicted molar refractivity (Wildman–Crippen MR) is 161 cm³/mol. The number of imidazole rings is 1. The fourth-order valence-electron chi connectivity index (χ4n) is 5.11. The molecule has 3 heterocycles. The summed E-state index contributed by atoms with van der Waals surface area (Å²) < 4.78 is 12.9. The summed E-state index contributed by atoms with van der Waals surface area (Å²) in [6.07, 6.45) is 4.23. The van der Waals surface area contributed by atoms with Crippen LogP contribution in [0, 0.1) is 0 Å². The van der Waals surface area contributed by atoms with Crippen LogP contribution in [-0.4, -0.2) is 51.9 Å². The monoisotopic (exact) mass is 551 g/mol. The van der Waals surface area contributed by atoms with Gasteiger partial charge >= 0.3 is 6.03 Å². The molecule has 1 unspecified atom stereocenters. The first-order valence-corrected chi connectivity index (χ1v) is 13.6. The van der Waals surface area contributed by atoms with Crippen molar-refractivity contribution in [1.82, 2.24) is 19.5 Å². The molecule has 0 bridgehead atoms. The zero-order valence-electron chi connectivity index (χ0n) is 23.6. The number of anilines is 3. The Morgan fingerprint density at radius 2 is 1.80 bits per heavy atom. The molecule has 1 aliphatic rings. The van der Waals surface area contributed by atoms with E-state index in [4.69, 9.17) is 9.47 Å². The number of rotatable bonds is 6. The van der Waals surface area contributed by atoms with Crippen molar-refractivity contribution in [2.24, 2.45) is 0 Å². The van der Waals surface area contributed by atoms with E-state index in [-0.39, 0.29) is 17.5 Å². The molecule has 1 fully saturated rings. The van der Waals surface area contributed by atoms with Crippen LogP contribution < -0.4 is 20.7 Å². The van der Waals surface area contributed by atoms with Crippen molar-refractivity contribution in [3.05, 3.63) is 72.8 Å². The zero-order chi connectivity index (χ0) is 28.6. The van der Waals surface area contributed by atoms with Crippen molar-refractivity contribution in [3.63, 3.8) is 0 Å². The molecule has 0 spiro atoms. The summed E-state index contributed by atoms with van der Waals surface area (Å²) in [4.78, 5) is 26.8. The first-order chi connectivity index (χ1) is 19.8. The van der Waals surface area contributed by atoms with Gasteiger partial charge in [0, 0.05) is 17.4 Å². The molecule has 6 rings (SSSR count). The van der Waals surface area contributed by atoms with Crippen molar-refractivity contribution in [1.29, 1.82) is 0 Å². The highest BCUT2D eigenvalue weighted by molar-refractivity contribution is 6.08. The molecule has 10 nitrogen and oxygen atoms in total. The molecule has 1 atom stereocenters. The Balaban J connectivity index is 1.31. The summed E-state index contributed by atoms with van der Waals surface area (Å²) in [5.41, 5.74) is 4.58. The first kappa shape index (κ1) is 26.5. The van der Waals surface area contributed by atoms with Gasteiger partial charge in [-0.2, -0.15) is 0 Å². The fraction of sp³-hybridized carbons (Fsp3) is 0.290. The van der Waals surface area contributed by atoms with Gasteiger partial charge in [0.05, 0.1) is 36.8 Å². The highest BCUT2D eigenvalue weighted by atomic mass is 16.5. The molecule has 3 N–H and O–H groups in total. The second-order valence-corrected chi connectivity index (χ2v) is 11.1. The first-order valence-electron chi connectivity index (χ1n) is 13.6. The van der Waals surface area contributed by atoms with Crippen molar-refractivity contribution in [2.45, 2.75) is 38.6 Å².